The fourth-order valence-corrected chi connectivity index (χ4v) is 0.308. The predicted molar refractivity (Wildman–Crippen MR) is 30.4 cm³/mol. The van der Waals surface area contributed by atoms with Gasteiger partial charge in [0, 0.05) is 0 Å². The molecule has 1 heterocycles. The zero-order valence-electron chi connectivity index (χ0n) is 4.02. The normalized spacial score (nSPS) is 7.50. The second-order valence-corrected chi connectivity index (χ2v) is 1.11. The van der Waals surface area contributed by atoms with Crippen LogP contribution in [-0.4, -0.2) is 4.98 Å². The second kappa shape index (κ2) is 3.21. The number of nitrogens with zero attached hydrogens (tertiary/aromatic N) is 2. The Morgan fingerprint density at radius 1 is 1.25 bits per heavy atom. The van der Waals surface area contributed by atoms with E-state index in [0.717, 1.165) is 0 Å². The number of halogens is 1. The van der Waals surface area contributed by atoms with Gasteiger partial charge in [0.05, 0.1) is 12.4 Å². The minimum Gasteiger partial charge on any atom is -0.619 e. The maximum absolute atomic E-state index is 10.1. The Morgan fingerprint density at radius 3 is 2.00 bits per heavy atom. The van der Waals surface area contributed by atoms with E-state index in [-0.39, 0.29) is 12.4 Å². The van der Waals surface area contributed by atoms with Gasteiger partial charge in [-0.25, -0.2) is 0 Å². The molecule has 0 bridgehead atoms. The highest BCUT2D eigenvalue weighted by atomic mass is 35.5. The summed E-state index contributed by atoms with van der Waals surface area (Å²) >= 11 is 0. The molecule has 0 radical (unpaired) electrons. The van der Waals surface area contributed by atoms with Gasteiger partial charge in [0.25, 0.3) is 0 Å². The Bertz CT molecular complexity index is 144. The summed E-state index contributed by atoms with van der Waals surface area (Å²) in [7, 11) is 0. The quantitative estimate of drug-likeness (QED) is 0.372. The largest absolute Gasteiger partial charge is 0.619 e. The smallest absolute Gasteiger partial charge is 0.198 e. The van der Waals surface area contributed by atoms with Crippen LogP contribution in [0.4, 0.5) is 0 Å². The Balaban J connectivity index is 0.000000490. The van der Waals surface area contributed by atoms with Gasteiger partial charge in [-0.3, -0.25) is 4.98 Å². The van der Waals surface area contributed by atoms with Crippen LogP contribution in [0.2, 0.25) is 0 Å². The van der Waals surface area contributed by atoms with Gasteiger partial charge in [0.15, 0.2) is 12.4 Å². The first-order chi connectivity index (χ1) is 3.39. The zero-order valence-corrected chi connectivity index (χ0v) is 4.84. The number of hydrogen-bond donors (Lipinski definition) is 0. The van der Waals surface area contributed by atoms with Crippen LogP contribution in [0.3, 0.4) is 0 Å². The van der Waals surface area contributed by atoms with E-state index in [1.807, 2.05) is 0 Å². The van der Waals surface area contributed by atoms with E-state index < -0.39 is 0 Å². The highest BCUT2D eigenvalue weighted by molar-refractivity contribution is 5.85. The van der Waals surface area contributed by atoms with Crippen molar-refractivity contribution in [1.29, 1.82) is 0 Å². The molecular weight excluding hydrogens is 128 g/mol. The van der Waals surface area contributed by atoms with Gasteiger partial charge in [-0.1, -0.05) is 0 Å². The Labute approximate surface area is 53.0 Å². The van der Waals surface area contributed by atoms with Gasteiger partial charge in [0.1, 0.15) is 0 Å². The van der Waals surface area contributed by atoms with Gasteiger partial charge in [-0.15, -0.1) is 12.4 Å². The summed E-state index contributed by atoms with van der Waals surface area (Å²) in [6.45, 7) is 0. The highest BCUT2D eigenvalue weighted by Gasteiger charge is 1.76. The molecule has 1 aromatic rings. The molecule has 0 N–H and O–H groups in total. The summed E-state index contributed by atoms with van der Waals surface area (Å²) in [6.07, 6.45) is 5.54. The van der Waals surface area contributed by atoms with E-state index in [2.05, 4.69) is 4.98 Å². The fraction of sp³-hybridized carbons (Fsp3) is 0. The van der Waals surface area contributed by atoms with E-state index in [1.165, 1.54) is 24.8 Å². The molecule has 0 aliphatic carbocycles. The lowest BCUT2D eigenvalue weighted by Crippen LogP contribution is -2.23. The van der Waals surface area contributed by atoms with Crippen molar-refractivity contribution in [2.75, 3.05) is 0 Å². The van der Waals surface area contributed by atoms with Crippen molar-refractivity contribution in [3.63, 3.8) is 0 Å². The molecule has 0 fully saturated rings. The van der Waals surface area contributed by atoms with Crippen LogP contribution in [0.1, 0.15) is 0 Å². The summed E-state index contributed by atoms with van der Waals surface area (Å²) in [5, 5.41) is 10.1. The molecule has 0 aromatic carbocycles. The molecule has 0 saturated carbocycles. The maximum Gasteiger partial charge on any atom is 0.198 e. The van der Waals surface area contributed by atoms with Gasteiger partial charge in [0.2, 0.25) is 0 Å². The number of aromatic nitrogens is 2. The molecule has 8 heavy (non-hydrogen) atoms. The first-order valence-electron chi connectivity index (χ1n) is 1.88. The summed E-state index contributed by atoms with van der Waals surface area (Å²) in [4.78, 5) is 3.62. The average molecular weight is 133 g/mol. The van der Waals surface area contributed by atoms with Gasteiger partial charge >= 0.3 is 0 Å². The van der Waals surface area contributed by atoms with Crippen molar-refractivity contribution < 1.29 is 4.73 Å². The third-order valence-electron chi connectivity index (χ3n) is 0.599. The van der Waals surface area contributed by atoms with Crippen LogP contribution in [0.25, 0.3) is 0 Å². The molecule has 0 spiro atoms. The molecular formula is C4H5ClN2O. The molecule has 1 rings (SSSR count). The van der Waals surface area contributed by atoms with Crippen molar-refractivity contribution in [2.45, 2.75) is 0 Å². The lowest BCUT2D eigenvalue weighted by atomic mass is 10.8. The summed E-state index contributed by atoms with van der Waals surface area (Å²) in [5.41, 5.74) is 0. The molecule has 0 atom stereocenters. The minimum atomic E-state index is 0. The van der Waals surface area contributed by atoms with E-state index in [0.29, 0.717) is 4.73 Å². The highest BCUT2D eigenvalue weighted by Crippen LogP contribution is 1.63. The Hall–Kier alpha value is -0.830. The second-order valence-electron chi connectivity index (χ2n) is 1.11. The first kappa shape index (κ1) is 7.17. The van der Waals surface area contributed by atoms with Crippen LogP contribution >= 0.6 is 12.4 Å². The molecule has 3 nitrogen and oxygen atoms in total. The molecule has 0 amide bonds. The van der Waals surface area contributed by atoms with Crippen molar-refractivity contribution >= 4 is 12.4 Å². The summed E-state index contributed by atoms with van der Waals surface area (Å²) in [5.74, 6) is 0. The monoisotopic (exact) mass is 132 g/mol. The van der Waals surface area contributed by atoms with Crippen molar-refractivity contribution in [1.82, 2.24) is 4.98 Å². The predicted octanol–water partition coefficient (Wildman–Crippen LogP) is 0.137. The maximum atomic E-state index is 10.1. The van der Waals surface area contributed by atoms with Crippen LogP contribution < -0.4 is 4.73 Å². The topological polar surface area (TPSA) is 39.8 Å². The van der Waals surface area contributed by atoms with E-state index >= 15 is 0 Å². The van der Waals surface area contributed by atoms with Crippen LogP contribution in [0.15, 0.2) is 24.8 Å². The minimum absolute atomic E-state index is 0. The first-order valence-corrected chi connectivity index (χ1v) is 1.88. The number of hydrogen-bond acceptors (Lipinski definition) is 2. The lowest BCUT2D eigenvalue weighted by molar-refractivity contribution is -0.606. The summed E-state index contributed by atoms with van der Waals surface area (Å²) < 4.78 is 0.688. The van der Waals surface area contributed by atoms with Crippen molar-refractivity contribution in [2.24, 2.45) is 0 Å². The lowest BCUT2D eigenvalue weighted by Gasteiger charge is -1.87. The van der Waals surface area contributed by atoms with Gasteiger partial charge in [-0.2, -0.15) is 4.73 Å². The SMILES string of the molecule is Cl.[O-][n+]1ccncc1. The fourth-order valence-electron chi connectivity index (χ4n) is 0.308. The standard InChI is InChI=1S/C4H4N2O.ClH/c7-6-3-1-5-2-4-6;/h1-4H;1H. The molecule has 0 aliphatic rings. The Kier molecular flexibility index (Phi) is 2.88. The summed E-state index contributed by atoms with van der Waals surface area (Å²) in [6, 6.07) is 0. The molecule has 0 aliphatic heterocycles. The van der Waals surface area contributed by atoms with Gasteiger partial charge in [-0.05, 0) is 0 Å². The Morgan fingerprint density at radius 2 is 1.75 bits per heavy atom. The van der Waals surface area contributed by atoms with E-state index in [1.54, 1.807) is 0 Å². The van der Waals surface area contributed by atoms with Crippen LogP contribution in [-0.2, 0) is 0 Å². The molecule has 0 saturated heterocycles. The van der Waals surface area contributed by atoms with E-state index in [4.69, 9.17) is 0 Å². The number of rotatable bonds is 0. The van der Waals surface area contributed by atoms with E-state index in [9.17, 15) is 5.21 Å². The molecule has 44 valence electrons. The van der Waals surface area contributed by atoms with Crippen LogP contribution in [0, 0.1) is 5.21 Å². The third kappa shape index (κ3) is 1.75. The van der Waals surface area contributed by atoms with Gasteiger partial charge < -0.3 is 5.21 Å². The molecule has 0 unspecified atom stereocenters. The third-order valence-corrected chi connectivity index (χ3v) is 0.599. The average Bonchev–Trinajstić information content (AvgIpc) is 1.69. The molecule has 1 aromatic heterocycles. The van der Waals surface area contributed by atoms with Crippen molar-refractivity contribution in [3.8, 4) is 0 Å². The molecule has 4 heteroatoms. The van der Waals surface area contributed by atoms with Crippen LogP contribution in [0.5, 0.6) is 0 Å². The van der Waals surface area contributed by atoms with Crippen molar-refractivity contribution in [3.05, 3.63) is 30.0 Å². The zero-order chi connectivity index (χ0) is 5.11.